The Labute approximate surface area is 190 Å². The number of sulfonamides is 1. The van der Waals surface area contributed by atoms with Crippen LogP contribution in [0.15, 0.2) is 52.4 Å². The van der Waals surface area contributed by atoms with Gasteiger partial charge in [-0.15, -0.1) is 0 Å². The normalized spacial score (nSPS) is 16.8. The summed E-state index contributed by atoms with van der Waals surface area (Å²) in [7, 11) is -3.54. The first-order chi connectivity index (χ1) is 14.8. The summed E-state index contributed by atoms with van der Waals surface area (Å²) in [6.07, 6.45) is 1.73. The molecule has 0 saturated carbocycles. The van der Waals surface area contributed by atoms with Gasteiger partial charge in [-0.05, 0) is 62.1 Å². The van der Waals surface area contributed by atoms with Gasteiger partial charge in [0.25, 0.3) is 5.91 Å². The molecule has 2 aromatic carbocycles. The van der Waals surface area contributed by atoms with E-state index in [1.54, 1.807) is 0 Å². The number of nitrogens with zero attached hydrogens (tertiary/aromatic N) is 3. The molecule has 164 valence electrons. The third-order valence-electron chi connectivity index (χ3n) is 5.65. The van der Waals surface area contributed by atoms with Crippen LogP contribution >= 0.6 is 22.9 Å². The lowest BCUT2D eigenvalue weighted by Gasteiger charge is -2.29. The Hall–Kier alpha value is -2.00. The first-order valence-corrected chi connectivity index (χ1v) is 12.9. The fourth-order valence-electron chi connectivity index (χ4n) is 3.76. The van der Waals surface area contributed by atoms with Crippen molar-refractivity contribution < 1.29 is 13.2 Å². The third-order valence-corrected chi connectivity index (χ3v) is 8.91. The summed E-state index contributed by atoms with van der Waals surface area (Å²) < 4.78 is 30.2. The molecule has 1 aliphatic rings. The highest BCUT2D eigenvalue weighted by Crippen LogP contribution is 2.26. The Morgan fingerprint density at radius 2 is 1.84 bits per heavy atom. The minimum Gasteiger partial charge on any atom is -0.315 e. The molecular formula is C22H24ClN3O3S2. The minimum atomic E-state index is -3.54. The summed E-state index contributed by atoms with van der Waals surface area (Å²) in [5.74, 6) is 0.128. The number of fused-ring (bicyclic) bond motifs is 1. The maximum absolute atomic E-state index is 12.9. The number of halogens is 1. The number of benzene rings is 2. The summed E-state index contributed by atoms with van der Waals surface area (Å²) in [5.41, 5.74) is 1.21. The highest BCUT2D eigenvalue weighted by molar-refractivity contribution is 7.89. The van der Waals surface area contributed by atoms with Crippen molar-refractivity contribution in [2.75, 3.05) is 13.1 Å². The second-order valence-electron chi connectivity index (χ2n) is 7.74. The van der Waals surface area contributed by atoms with Crippen LogP contribution in [-0.2, 0) is 16.6 Å². The minimum absolute atomic E-state index is 0.205. The number of para-hydroxylation sites is 1. The smallest absolute Gasteiger partial charge is 0.279 e. The predicted octanol–water partition coefficient (Wildman–Crippen LogP) is 4.54. The molecule has 9 heteroatoms. The predicted molar refractivity (Wildman–Crippen MR) is 124 cm³/mol. The number of aromatic nitrogens is 1. The summed E-state index contributed by atoms with van der Waals surface area (Å²) in [5, 5.41) is 0.617. The molecule has 1 aliphatic heterocycles. The van der Waals surface area contributed by atoms with Crippen molar-refractivity contribution in [3.8, 4) is 0 Å². The number of amides is 1. The highest BCUT2D eigenvalue weighted by Gasteiger charge is 2.28. The van der Waals surface area contributed by atoms with Gasteiger partial charge in [-0.2, -0.15) is 9.30 Å². The molecule has 0 atom stereocenters. The molecule has 31 heavy (non-hydrogen) atoms. The lowest BCUT2D eigenvalue weighted by molar-refractivity contribution is 0.0997. The topological polar surface area (TPSA) is 71.7 Å². The zero-order valence-corrected chi connectivity index (χ0v) is 19.8. The molecule has 0 bridgehead atoms. The van der Waals surface area contributed by atoms with Crippen LogP contribution in [0.2, 0.25) is 5.02 Å². The Kier molecular flexibility index (Phi) is 6.35. The number of carbonyl (C=O) groups is 1. The number of thiazole rings is 1. The Morgan fingerprint density at radius 3 is 2.48 bits per heavy atom. The van der Waals surface area contributed by atoms with Crippen molar-refractivity contribution in [1.29, 1.82) is 0 Å². The van der Waals surface area contributed by atoms with E-state index in [-0.39, 0.29) is 4.90 Å². The van der Waals surface area contributed by atoms with Gasteiger partial charge in [0.2, 0.25) is 10.0 Å². The SMILES string of the molecule is CCn1c(=NC(=O)c2ccc(S(=O)(=O)N3CCC(C)CC3)cc2)sc2cccc(Cl)c21. The number of piperidine rings is 1. The fourth-order valence-corrected chi connectivity index (χ4v) is 6.68. The maximum atomic E-state index is 12.9. The van der Waals surface area contributed by atoms with E-state index in [1.807, 2.05) is 29.7 Å². The van der Waals surface area contributed by atoms with Crippen molar-refractivity contribution in [3.63, 3.8) is 0 Å². The molecule has 0 N–H and O–H groups in total. The summed E-state index contributed by atoms with van der Waals surface area (Å²) in [4.78, 5) is 17.8. The van der Waals surface area contributed by atoms with E-state index in [2.05, 4.69) is 11.9 Å². The molecule has 0 aliphatic carbocycles. The van der Waals surface area contributed by atoms with Gasteiger partial charge in [0.1, 0.15) is 0 Å². The number of rotatable bonds is 4. The van der Waals surface area contributed by atoms with E-state index >= 15 is 0 Å². The monoisotopic (exact) mass is 477 g/mol. The Morgan fingerprint density at radius 1 is 1.16 bits per heavy atom. The van der Waals surface area contributed by atoms with Crippen LogP contribution in [0.3, 0.4) is 0 Å². The van der Waals surface area contributed by atoms with Crippen molar-refractivity contribution in [2.45, 2.75) is 38.1 Å². The zero-order valence-electron chi connectivity index (χ0n) is 17.4. The molecule has 6 nitrogen and oxygen atoms in total. The lowest BCUT2D eigenvalue weighted by Crippen LogP contribution is -2.37. The van der Waals surface area contributed by atoms with Crippen molar-refractivity contribution in [3.05, 3.63) is 57.9 Å². The van der Waals surface area contributed by atoms with Gasteiger partial charge in [-0.3, -0.25) is 4.79 Å². The van der Waals surface area contributed by atoms with Crippen molar-refractivity contribution in [1.82, 2.24) is 8.87 Å². The highest BCUT2D eigenvalue weighted by atomic mass is 35.5. The average molecular weight is 478 g/mol. The largest absolute Gasteiger partial charge is 0.315 e. The van der Waals surface area contributed by atoms with Gasteiger partial charge >= 0.3 is 0 Å². The first-order valence-electron chi connectivity index (χ1n) is 10.3. The second kappa shape index (κ2) is 8.86. The van der Waals surface area contributed by atoms with Crippen LogP contribution in [0.4, 0.5) is 0 Å². The van der Waals surface area contributed by atoms with Crippen molar-refractivity contribution in [2.24, 2.45) is 10.9 Å². The van der Waals surface area contributed by atoms with Gasteiger partial charge in [-0.25, -0.2) is 8.42 Å². The molecule has 1 fully saturated rings. The van der Waals surface area contributed by atoms with Gasteiger partial charge < -0.3 is 4.57 Å². The maximum Gasteiger partial charge on any atom is 0.279 e. The van der Waals surface area contributed by atoms with E-state index in [1.165, 1.54) is 39.9 Å². The van der Waals surface area contributed by atoms with Crippen LogP contribution in [0.1, 0.15) is 37.0 Å². The van der Waals surface area contributed by atoms with Crippen LogP contribution < -0.4 is 4.80 Å². The van der Waals surface area contributed by atoms with Gasteiger partial charge in [0.05, 0.1) is 20.1 Å². The van der Waals surface area contributed by atoms with Gasteiger partial charge in [0.15, 0.2) is 4.80 Å². The molecule has 1 amide bonds. The Bertz CT molecular complexity index is 1290. The van der Waals surface area contributed by atoms with Crippen LogP contribution in [0.5, 0.6) is 0 Å². The number of aryl methyl sites for hydroxylation is 1. The molecule has 0 unspecified atom stereocenters. The van der Waals surface area contributed by atoms with Crippen LogP contribution in [0, 0.1) is 5.92 Å². The molecule has 1 aromatic heterocycles. The third kappa shape index (κ3) is 4.35. The number of carbonyl (C=O) groups excluding carboxylic acids is 1. The molecule has 1 saturated heterocycles. The number of hydrogen-bond acceptors (Lipinski definition) is 4. The van der Waals surface area contributed by atoms with Crippen LogP contribution in [0.25, 0.3) is 10.2 Å². The molecule has 4 rings (SSSR count). The van der Waals surface area contributed by atoms with Crippen molar-refractivity contribution >= 4 is 49.1 Å². The van der Waals surface area contributed by atoms with Crippen LogP contribution in [-0.4, -0.2) is 36.3 Å². The number of hydrogen-bond donors (Lipinski definition) is 0. The zero-order chi connectivity index (χ0) is 22.2. The standard InChI is InChI=1S/C22H24ClN3O3S2/c1-3-26-20-18(23)5-4-6-19(20)30-22(26)24-21(27)16-7-9-17(10-8-16)31(28,29)25-13-11-15(2)12-14-25/h4-10,15H,3,11-14H2,1-2H3. The van der Waals surface area contributed by atoms with E-state index in [0.717, 1.165) is 23.1 Å². The lowest BCUT2D eigenvalue weighted by atomic mass is 10.0. The molecule has 0 spiro atoms. The second-order valence-corrected chi connectivity index (χ2v) is 11.1. The molecule has 2 heterocycles. The fraction of sp³-hybridized carbons (Fsp3) is 0.364. The van der Waals surface area contributed by atoms with Gasteiger partial charge in [0, 0.05) is 25.2 Å². The Balaban J connectivity index is 1.62. The molecule has 0 radical (unpaired) electrons. The van der Waals surface area contributed by atoms with E-state index < -0.39 is 15.9 Å². The molecular weight excluding hydrogens is 454 g/mol. The van der Waals surface area contributed by atoms with E-state index in [4.69, 9.17) is 11.6 Å². The quantitative estimate of drug-likeness (QED) is 0.553. The summed E-state index contributed by atoms with van der Waals surface area (Å²) in [6, 6.07) is 11.7. The van der Waals surface area contributed by atoms with E-state index in [0.29, 0.717) is 40.9 Å². The average Bonchev–Trinajstić information content (AvgIpc) is 3.12. The summed E-state index contributed by atoms with van der Waals surface area (Å²) in [6.45, 7) is 5.80. The first kappa shape index (κ1) is 22.2. The summed E-state index contributed by atoms with van der Waals surface area (Å²) >= 11 is 7.74. The van der Waals surface area contributed by atoms with E-state index in [9.17, 15) is 13.2 Å². The molecule has 3 aromatic rings. The van der Waals surface area contributed by atoms with Gasteiger partial charge in [-0.1, -0.05) is 35.9 Å².